The molecule has 2 fully saturated rings. The third kappa shape index (κ3) is 6.47. The lowest BCUT2D eigenvalue weighted by atomic mass is 9.93. The first-order valence-corrected chi connectivity index (χ1v) is 10.2. The highest BCUT2D eigenvalue weighted by Crippen LogP contribution is 2.23. The van der Waals surface area contributed by atoms with E-state index in [4.69, 9.17) is 0 Å². The average molecular weight is 409 g/mol. The van der Waals surface area contributed by atoms with Crippen LogP contribution in [0.15, 0.2) is 24.3 Å². The second kappa shape index (κ2) is 11.4. The van der Waals surface area contributed by atoms with E-state index in [2.05, 4.69) is 15.5 Å². The van der Waals surface area contributed by atoms with Gasteiger partial charge in [-0.15, -0.1) is 12.4 Å². The average Bonchev–Trinajstić information content (AvgIpc) is 3.12. The van der Waals surface area contributed by atoms with Gasteiger partial charge < -0.3 is 20.4 Å². The number of piperidine rings is 1. The molecule has 28 heavy (non-hydrogen) atoms. The van der Waals surface area contributed by atoms with Crippen LogP contribution in [-0.2, 0) is 9.59 Å². The quantitative estimate of drug-likeness (QED) is 0.694. The topological polar surface area (TPSA) is 64.7 Å². The molecular weight excluding hydrogens is 376 g/mol. The maximum absolute atomic E-state index is 12.2. The number of nitrogens with zero attached hydrogens (tertiary/aromatic N) is 2. The van der Waals surface area contributed by atoms with Crippen molar-refractivity contribution >= 4 is 35.6 Å². The van der Waals surface area contributed by atoms with E-state index in [1.807, 2.05) is 36.2 Å². The molecule has 3 rings (SSSR count). The predicted molar refractivity (Wildman–Crippen MR) is 116 cm³/mol. The van der Waals surface area contributed by atoms with Crippen LogP contribution in [0.2, 0.25) is 0 Å². The van der Waals surface area contributed by atoms with E-state index in [1.165, 1.54) is 19.3 Å². The molecular formula is C21H33ClN4O2. The lowest BCUT2D eigenvalue weighted by Gasteiger charge is -2.31. The first-order chi connectivity index (χ1) is 13.2. The van der Waals surface area contributed by atoms with Gasteiger partial charge in [-0.2, -0.15) is 0 Å². The fourth-order valence-electron chi connectivity index (χ4n) is 3.98. The smallest absolute Gasteiger partial charge is 0.227 e. The zero-order valence-electron chi connectivity index (χ0n) is 16.8. The lowest BCUT2D eigenvalue weighted by molar-refractivity contribution is -0.117. The predicted octanol–water partition coefficient (Wildman–Crippen LogP) is 2.89. The number of anilines is 2. The SMILES string of the molecule is CNCCC1CCN(CCC(=O)Nc2ccc(N3CCCC3=O)cc2)CC1.Cl. The number of nitrogens with one attached hydrogen (secondary N) is 2. The molecule has 1 aromatic carbocycles. The molecule has 0 aromatic heterocycles. The van der Waals surface area contributed by atoms with Crippen molar-refractivity contribution in [1.82, 2.24) is 10.2 Å². The van der Waals surface area contributed by atoms with E-state index in [0.29, 0.717) is 12.8 Å². The third-order valence-electron chi connectivity index (χ3n) is 5.70. The minimum atomic E-state index is 0. The van der Waals surface area contributed by atoms with E-state index in [-0.39, 0.29) is 24.2 Å². The van der Waals surface area contributed by atoms with E-state index < -0.39 is 0 Å². The molecule has 2 amide bonds. The van der Waals surface area contributed by atoms with Gasteiger partial charge in [-0.05, 0) is 82.5 Å². The molecule has 1 aromatic rings. The van der Waals surface area contributed by atoms with Crippen LogP contribution in [0.25, 0.3) is 0 Å². The summed E-state index contributed by atoms with van der Waals surface area (Å²) in [6.07, 6.45) is 5.80. The Labute approximate surface area is 174 Å². The number of carbonyl (C=O) groups is 2. The van der Waals surface area contributed by atoms with Gasteiger partial charge in [0.25, 0.3) is 0 Å². The molecule has 7 heteroatoms. The number of hydrogen-bond donors (Lipinski definition) is 2. The molecule has 2 saturated heterocycles. The second-order valence-electron chi connectivity index (χ2n) is 7.67. The van der Waals surface area contributed by atoms with Gasteiger partial charge in [0.15, 0.2) is 0 Å². The van der Waals surface area contributed by atoms with E-state index in [9.17, 15) is 9.59 Å². The standard InChI is InChI=1S/C21H32N4O2.ClH/c1-22-12-8-17-9-14-24(15-10-17)16-11-20(26)23-18-4-6-19(7-5-18)25-13-2-3-21(25)27;/h4-7,17,22H,2-3,8-16H2,1H3,(H,23,26);1H. The first-order valence-electron chi connectivity index (χ1n) is 10.2. The van der Waals surface area contributed by atoms with Crippen molar-refractivity contribution in [3.63, 3.8) is 0 Å². The molecule has 0 unspecified atom stereocenters. The normalized spacial score (nSPS) is 18.2. The van der Waals surface area contributed by atoms with Gasteiger partial charge in [0.2, 0.25) is 11.8 Å². The van der Waals surface area contributed by atoms with Crippen molar-refractivity contribution in [3.05, 3.63) is 24.3 Å². The Balaban J connectivity index is 0.00000280. The summed E-state index contributed by atoms with van der Waals surface area (Å²) in [7, 11) is 2.01. The monoisotopic (exact) mass is 408 g/mol. The highest BCUT2D eigenvalue weighted by atomic mass is 35.5. The summed E-state index contributed by atoms with van der Waals surface area (Å²) < 4.78 is 0. The van der Waals surface area contributed by atoms with Gasteiger partial charge in [-0.25, -0.2) is 0 Å². The van der Waals surface area contributed by atoms with E-state index in [1.54, 1.807) is 0 Å². The maximum Gasteiger partial charge on any atom is 0.227 e. The molecule has 0 bridgehead atoms. The van der Waals surface area contributed by atoms with Gasteiger partial charge in [-0.1, -0.05) is 0 Å². The Bertz CT molecular complexity index is 630. The number of benzene rings is 1. The van der Waals surface area contributed by atoms with Crippen LogP contribution in [-0.4, -0.2) is 56.5 Å². The number of rotatable bonds is 8. The number of amides is 2. The van der Waals surface area contributed by atoms with Crippen LogP contribution in [0, 0.1) is 5.92 Å². The molecule has 2 aliphatic heterocycles. The summed E-state index contributed by atoms with van der Waals surface area (Å²) in [6, 6.07) is 7.59. The zero-order chi connectivity index (χ0) is 19.1. The molecule has 2 heterocycles. The summed E-state index contributed by atoms with van der Waals surface area (Å²) >= 11 is 0. The van der Waals surface area contributed by atoms with Crippen molar-refractivity contribution in [3.8, 4) is 0 Å². The molecule has 0 radical (unpaired) electrons. The van der Waals surface area contributed by atoms with Crippen LogP contribution in [0.1, 0.15) is 38.5 Å². The summed E-state index contributed by atoms with van der Waals surface area (Å²) in [5, 5.41) is 6.19. The molecule has 0 atom stereocenters. The van der Waals surface area contributed by atoms with Crippen LogP contribution in [0.4, 0.5) is 11.4 Å². The summed E-state index contributed by atoms with van der Waals surface area (Å²) in [4.78, 5) is 28.2. The zero-order valence-corrected chi connectivity index (χ0v) is 17.6. The van der Waals surface area contributed by atoms with Gasteiger partial charge >= 0.3 is 0 Å². The lowest BCUT2D eigenvalue weighted by Crippen LogP contribution is -2.36. The molecule has 2 aliphatic rings. The van der Waals surface area contributed by atoms with Gasteiger partial charge in [0.05, 0.1) is 0 Å². The number of likely N-dealkylation sites (tertiary alicyclic amines) is 1. The van der Waals surface area contributed by atoms with Crippen LogP contribution in [0.3, 0.4) is 0 Å². The van der Waals surface area contributed by atoms with Crippen LogP contribution >= 0.6 is 12.4 Å². The van der Waals surface area contributed by atoms with Gasteiger partial charge in [-0.3, -0.25) is 9.59 Å². The molecule has 0 saturated carbocycles. The summed E-state index contributed by atoms with van der Waals surface area (Å²) in [5.74, 6) is 1.06. The highest BCUT2D eigenvalue weighted by Gasteiger charge is 2.22. The first kappa shape index (κ1) is 22.7. The number of hydrogen-bond acceptors (Lipinski definition) is 4. The van der Waals surface area contributed by atoms with Crippen molar-refractivity contribution in [2.75, 3.05) is 50.0 Å². The summed E-state index contributed by atoms with van der Waals surface area (Å²) in [5.41, 5.74) is 1.71. The van der Waals surface area contributed by atoms with Crippen molar-refractivity contribution in [2.45, 2.75) is 38.5 Å². The highest BCUT2D eigenvalue weighted by molar-refractivity contribution is 5.96. The number of halogens is 1. The Kier molecular flexibility index (Phi) is 9.22. The minimum Gasteiger partial charge on any atom is -0.326 e. The van der Waals surface area contributed by atoms with Crippen molar-refractivity contribution in [1.29, 1.82) is 0 Å². The van der Waals surface area contributed by atoms with E-state index >= 15 is 0 Å². The minimum absolute atomic E-state index is 0. The van der Waals surface area contributed by atoms with Crippen LogP contribution in [0.5, 0.6) is 0 Å². The maximum atomic E-state index is 12.2. The Morgan fingerprint density at radius 2 is 1.86 bits per heavy atom. The Morgan fingerprint density at radius 1 is 1.14 bits per heavy atom. The van der Waals surface area contributed by atoms with Gasteiger partial charge in [0, 0.05) is 37.3 Å². The largest absolute Gasteiger partial charge is 0.326 e. The Hall–Kier alpha value is -1.63. The third-order valence-corrected chi connectivity index (χ3v) is 5.70. The fourth-order valence-corrected chi connectivity index (χ4v) is 3.98. The van der Waals surface area contributed by atoms with Crippen molar-refractivity contribution in [2.24, 2.45) is 5.92 Å². The molecule has 6 nitrogen and oxygen atoms in total. The fraction of sp³-hybridized carbons (Fsp3) is 0.619. The van der Waals surface area contributed by atoms with Crippen molar-refractivity contribution < 1.29 is 9.59 Å². The van der Waals surface area contributed by atoms with Crippen LogP contribution < -0.4 is 15.5 Å². The summed E-state index contributed by atoms with van der Waals surface area (Å²) in [6.45, 7) is 4.90. The number of carbonyl (C=O) groups excluding carboxylic acids is 2. The second-order valence-corrected chi connectivity index (χ2v) is 7.67. The molecule has 0 spiro atoms. The molecule has 0 aliphatic carbocycles. The van der Waals surface area contributed by atoms with Gasteiger partial charge in [0.1, 0.15) is 0 Å². The molecule has 2 N–H and O–H groups in total. The molecule has 156 valence electrons. The van der Waals surface area contributed by atoms with E-state index in [0.717, 1.165) is 56.4 Å². The Morgan fingerprint density at radius 3 is 2.46 bits per heavy atom.